The fourth-order valence-corrected chi connectivity index (χ4v) is 2.64. The van der Waals surface area contributed by atoms with Gasteiger partial charge >= 0.3 is 0 Å². The molecule has 2 aromatic rings. The van der Waals surface area contributed by atoms with Crippen LogP contribution in [0.1, 0.15) is 31.0 Å². The summed E-state index contributed by atoms with van der Waals surface area (Å²) in [5, 5.41) is 6.90. The Hall–Kier alpha value is -1.84. The third kappa shape index (κ3) is 4.33. The normalized spacial score (nSPS) is 13.5. The summed E-state index contributed by atoms with van der Waals surface area (Å²) < 4.78 is 0. The monoisotopic (exact) mass is 316 g/mol. The van der Waals surface area contributed by atoms with Gasteiger partial charge in [0.05, 0.1) is 6.04 Å². The fourth-order valence-electron chi connectivity index (χ4n) is 2.34. The largest absolute Gasteiger partial charge is 0.325 e. The molecule has 1 amide bonds. The van der Waals surface area contributed by atoms with Gasteiger partial charge in [-0.2, -0.15) is 0 Å². The van der Waals surface area contributed by atoms with E-state index < -0.39 is 0 Å². The van der Waals surface area contributed by atoms with Crippen LogP contribution < -0.4 is 10.6 Å². The van der Waals surface area contributed by atoms with E-state index in [2.05, 4.69) is 10.6 Å². The van der Waals surface area contributed by atoms with Crippen molar-refractivity contribution in [2.75, 3.05) is 5.32 Å². The molecule has 116 valence electrons. The number of hydrogen-bond donors (Lipinski definition) is 2. The molecule has 0 aliphatic carbocycles. The molecule has 3 nitrogen and oxygen atoms in total. The number of nitrogens with one attached hydrogen (secondary N) is 2. The molecule has 22 heavy (non-hydrogen) atoms. The molecule has 4 heteroatoms. The maximum Gasteiger partial charge on any atom is 0.241 e. The average Bonchev–Trinajstić information content (AvgIpc) is 2.47. The van der Waals surface area contributed by atoms with E-state index in [0.29, 0.717) is 5.02 Å². The van der Waals surface area contributed by atoms with Crippen LogP contribution in [0.15, 0.2) is 48.5 Å². The van der Waals surface area contributed by atoms with E-state index in [1.54, 1.807) is 0 Å². The molecule has 2 rings (SSSR count). The number of aryl methyl sites for hydroxylation is 1. The van der Waals surface area contributed by atoms with E-state index in [1.807, 2.05) is 69.3 Å². The average molecular weight is 317 g/mol. The molecule has 2 atom stereocenters. The lowest BCUT2D eigenvalue weighted by atomic mass is 10.1. The molecule has 0 saturated carbocycles. The number of hydrogen-bond acceptors (Lipinski definition) is 2. The van der Waals surface area contributed by atoms with Gasteiger partial charge in [0.1, 0.15) is 0 Å². The van der Waals surface area contributed by atoms with Crippen molar-refractivity contribution in [3.63, 3.8) is 0 Å². The molecule has 2 N–H and O–H groups in total. The molecule has 2 aromatic carbocycles. The summed E-state index contributed by atoms with van der Waals surface area (Å²) in [5.41, 5.74) is 2.91. The summed E-state index contributed by atoms with van der Waals surface area (Å²) in [6.45, 7) is 5.84. The lowest BCUT2D eigenvalue weighted by Gasteiger charge is -2.21. The van der Waals surface area contributed by atoms with Crippen LogP contribution in [0.3, 0.4) is 0 Å². The SMILES string of the molecule is Cc1cccc(NC(=O)[C@H](C)N[C@@H](C)c2ccccc2Cl)c1. The van der Waals surface area contributed by atoms with Gasteiger partial charge in [0, 0.05) is 16.8 Å². The number of carbonyl (C=O) groups excluding carboxylic acids is 1. The van der Waals surface area contributed by atoms with Gasteiger partial charge in [-0.3, -0.25) is 10.1 Å². The maximum atomic E-state index is 12.3. The number of anilines is 1. The van der Waals surface area contributed by atoms with Gasteiger partial charge in [-0.05, 0) is 50.1 Å². The molecule has 0 aromatic heterocycles. The van der Waals surface area contributed by atoms with E-state index in [1.165, 1.54) is 0 Å². The third-order valence-corrected chi connectivity index (χ3v) is 3.89. The van der Waals surface area contributed by atoms with Gasteiger partial charge in [0.2, 0.25) is 5.91 Å². The minimum atomic E-state index is -0.327. The zero-order valence-electron chi connectivity index (χ0n) is 13.1. The van der Waals surface area contributed by atoms with Crippen molar-refractivity contribution in [1.29, 1.82) is 0 Å². The van der Waals surface area contributed by atoms with Gasteiger partial charge in [-0.25, -0.2) is 0 Å². The molecule has 0 fully saturated rings. The summed E-state index contributed by atoms with van der Waals surface area (Å²) >= 11 is 6.19. The molecular weight excluding hydrogens is 296 g/mol. The summed E-state index contributed by atoms with van der Waals surface area (Å²) in [6.07, 6.45) is 0. The summed E-state index contributed by atoms with van der Waals surface area (Å²) in [7, 11) is 0. The molecular formula is C18H21ClN2O. The van der Waals surface area contributed by atoms with Crippen LogP contribution in [-0.2, 0) is 4.79 Å². The van der Waals surface area contributed by atoms with Crippen LogP contribution in [0.25, 0.3) is 0 Å². The van der Waals surface area contributed by atoms with Crippen molar-refractivity contribution in [2.24, 2.45) is 0 Å². The first-order valence-electron chi connectivity index (χ1n) is 7.35. The van der Waals surface area contributed by atoms with Crippen molar-refractivity contribution < 1.29 is 4.79 Å². The van der Waals surface area contributed by atoms with E-state index in [-0.39, 0.29) is 18.0 Å². The number of carbonyl (C=O) groups is 1. The van der Waals surface area contributed by atoms with Gasteiger partial charge in [0.15, 0.2) is 0 Å². The van der Waals surface area contributed by atoms with Crippen molar-refractivity contribution in [3.8, 4) is 0 Å². The predicted octanol–water partition coefficient (Wildman–Crippen LogP) is 4.33. The Morgan fingerprint density at radius 1 is 1.09 bits per heavy atom. The molecule has 0 bridgehead atoms. The molecule has 0 saturated heterocycles. The van der Waals surface area contributed by atoms with Crippen LogP contribution in [0.2, 0.25) is 5.02 Å². The van der Waals surface area contributed by atoms with Crippen LogP contribution in [0.4, 0.5) is 5.69 Å². The molecule has 0 heterocycles. The lowest BCUT2D eigenvalue weighted by Crippen LogP contribution is -2.39. The summed E-state index contributed by atoms with van der Waals surface area (Å²) in [4.78, 5) is 12.3. The highest BCUT2D eigenvalue weighted by Crippen LogP contribution is 2.22. The second-order valence-corrected chi connectivity index (χ2v) is 5.90. The Morgan fingerprint density at radius 2 is 1.82 bits per heavy atom. The highest BCUT2D eigenvalue weighted by molar-refractivity contribution is 6.31. The Kier molecular flexibility index (Phi) is 5.58. The Morgan fingerprint density at radius 3 is 2.50 bits per heavy atom. The smallest absolute Gasteiger partial charge is 0.241 e. The van der Waals surface area contributed by atoms with Gasteiger partial charge in [-0.15, -0.1) is 0 Å². The van der Waals surface area contributed by atoms with Gasteiger partial charge in [-0.1, -0.05) is 41.9 Å². The minimum Gasteiger partial charge on any atom is -0.325 e. The highest BCUT2D eigenvalue weighted by atomic mass is 35.5. The van der Waals surface area contributed by atoms with Crippen LogP contribution >= 0.6 is 11.6 Å². The highest BCUT2D eigenvalue weighted by Gasteiger charge is 2.17. The Bertz CT molecular complexity index is 657. The minimum absolute atomic E-state index is 0.00744. The first-order valence-corrected chi connectivity index (χ1v) is 7.73. The lowest BCUT2D eigenvalue weighted by molar-refractivity contribution is -0.117. The first kappa shape index (κ1) is 16.5. The van der Waals surface area contributed by atoms with Gasteiger partial charge < -0.3 is 5.32 Å². The number of amides is 1. The Balaban J connectivity index is 1.98. The fraction of sp³-hybridized carbons (Fsp3) is 0.278. The standard InChI is InChI=1S/C18H21ClN2O/c1-12-7-6-8-15(11-12)21-18(22)14(3)20-13(2)16-9-4-5-10-17(16)19/h4-11,13-14,20H,1-3H3,(H,21,22)/t13-,14-/m0/s1. The van der Waals surface area contributed by atoms with E-state index >= 15 is 0 Å². The molecule has 0 aliphatic rings. The predicted molar refractivity (Wildman–Crippen MR) is 92.3 cm³/mol. The quantitative estimate of drug-likeness (QED) is 0.862. The molecule has 0 radical (unpaired) electrons. The van der Waals surface area contributed by atoms with Crippen LogP contribution in [0.5, 0.6) is 0 Å². The first-order chi connectivity index (χ1) is 10.5. The Labute approximate surface area is 136 Å². The second-order valence-electron chi connectivity index (χ2n) is 5.49. The van der Waals surface area contributed by atoms with Crippen molar-refractivity contribution in [3.05, 3.63) is 64.7 Å². The molecule has 0 spiro atoms. The van der Waals surface area contributed by atoms with E-state index in [0.717, 1.165) is 16.8 Å². The molecule has 0 unspecified atom stereocenters. The molecule has 0 aliphatic heterocycles. The second kappa shape index (κ2) is 7.43. The topological polar surface area (TPSA) is 41.1 Å². The van der Waals surface area contributed by atoms with Crippen molar-refractivity contribution in [1.82, 2.24) is 5.32 Å². The maximum absolute atomic E-state index is 12.3. The van der Waals surface area contributed by atoms with Crippen molar-refractivity contribution >= 4 is 23.2 Å². The van der Waals surface area contributed by atoms with Gasteiger partial charge in [0.25, 0.3) is 0 Å². The number of rotatable bonds is 5. The summed E-state index contributed by atoms with van der Waals surface area (Å²) in [6, 6.07) is 15.1. The third-order valence-electron chi connectivity index (χ3n) is 3.55. The zero-order chi connectivity index (χ0) is 16.1. The van der Waals surface area contributed by atoms with Crippen LogP contribution in [0, 0.1) is 6.92 Å². The van der Waals surface area contributed by atoms with E-state index in [4.69, 9.17) is 11.6 Å². The zero-order valence-corrected chi connectivity index (χ0v) is 13.8. The summed E-state index contributed by atoms with van der Waals surface area (Å²) in [5.74, 6) is -0.0653. The number of benzene rings is 2. The number of halogens is 1. The van der Waals surface area contributed by atoms with Crippen LogP contribution in [-0.4, -0.2) is 11.9 Å². The van der Waals surface area contributed by atoms with Crippen molar-refractivity contribution in [2.45, 2.75) is 32.9 Å². The van der Waals surface area contributed by atoms with E-state index in [9.17, 15) is 4.79 Å².